The number of aliphatic hydroxyl groups excluding tert-OH is 1. The van der Waals surface area contributed by atoms with Gasteiger partial charge in [0.2, 0.25) is 0 Å². The van der Waals surface area contributed by atoms with Gasteiger partial charge in [0.1, 0.15) is 17.2 Å². The number of aryl methyl sites for hydroxylation is 1. The van der Waals surface area contributed by atoms with Gasteiger partial charge in [-0.2, -0.15) is 0 Å². The molecular weight excluding hydrogens is 418 g/mol. The van der Waals surface area contributed by atoms with E-state index in [2.05, 4.69) is 25.3 Å². The van der Waals surface area contributed by atoms with Gasteiger partial charge in [0, 0.05) is 18.1 Å². The van der Waals surface area contributed by atoms with Gasteiger partial charge >= 0.3 is 0 Å². The van der Waals surface area contributed by atoms with E-state index >= 15 is 0 Å². The van der Waals surface area contributed by atoms with Crippen molar-refractivity contribution in [3.8, 4) is 17.1 Å². The molecule has 0 amide bonds. The second-order valence-corrected chi connectivity index (χ2v) is 7.88. The lowest BCUT2D eigenvalue weighted by Gasteiger charge is -2.18. The molecule has 0 aliphatic heterocycles. The standard InChI is InChI=1S/C24H23N7O2/c1-15-9-18(31-8-7-25-14-31)11-19-21(15)30-23(29-19)20-22(26-13-27-24(20)33)28-17(12-32)10-16-5-3-2-4-6-16/h2-9,11,13-14,17,32H,10,12H2,1H3,(H,29,30)(H2,26,27,28,33). The van der Waals surface area contributed by atoms with Gasteiger partial charge in [0.15, 0.2) is 0 Å². The lowest BCUT2D eigenvalue weighted by molar-refractivity contribution is 0.273. The fraction of sp³-hybridized carbons (Fsp3) is 0.167. The van der Waals surface area contributed by atoms with E-state index in [1.165, 1.54) is 6.33 Å². The summed E-state index contributed by atoms with van der Waals surface area (Å²) < 4.78 is 1.91. The number of nitrogens with zero attached hydrogens (tertiary/aromatic N) is 4. The summed E-state index contributed by atoms with van der Waals surface area (Å²) in [6.07, 6.45) is 7.24. The average molecular weight is 441 g/mol. The summed E-state index contributed by atoms with van der Waals surface area (Å²) in [4.78, 5) is 31.9. The molecule has 3 heterocycles. The number of rotatable bonds is 7. The van der Waals surface area contributed by atoms with E-state index in [0.29, 0.717) is 23.6 Å². The maximum atomic E-state index is 12.8. The number of hydrogen-bond donors (Lipinski definition) is 4. The third kappa shape index (κ3) is 4.13. The van der Waals surface area contributed by atoms with Gasteiger partial charge in [-0.3, -0.25) is 4.79 Å². The summed E-state index contributed by atoms with van der Waals surface area (Å²) in [6, 6.07) is 13.5. The average Bonchev–Trinajstić information content (AvgIpc) is 3.50. The molecule has 4 N–H and O–H groups in total. The number of benzene rings is 2. The Kier molecular flexibility index (Phi) is 5.45. The van der Waals surface area contributed by atoms with Gasteiger partial charge in [-0.25, -0.2) is 15.0 Å². The zero-order valence-corrected chi connectivity index (χ0v) is 18.0. The number of fused-ring (bicyclic) bond motifs is 1. The lowest BCUT2D eigenvalue weighted by Crippen LogP contribution is -2.28. The molecule has 0 saturated carbocycles. The molecule has 0 aliphatic rings. The van der Waals surface area contributed by atoms with E-state index in [9.17, 15) is 9.90 Å². The molecule has 5 rings (SSSR count). The van der Waals surface area contributed by atoms with Crippen LogP contribution in [0.4, 0.5) is 5.82 Å². The SMILES string of the molecule is Cc1cc(-n2ccnc2)cc2[nH]c(-c3c(NC(CO)Cc4ccccc4)nc[nH]c3=O)nc12. The van der Waals surface area contributed by atoms with Crippen LogP contribution in [0.2, 0.25) is 0 Å². The number of anilines is 1. The summed E-state index contributed by atoms with van der Waals surface area (Å²) in [7, 11) is 0. The van der Waals surface area contributed by atoms with Crippen LogP contribution in [-0.2, 0) is 6.42 Å². The molecule has 0 spiro atoms. The minimum absolute atomic E-state index is 0.115. The molecule has 2 aromatic carbocycles. The Balaban J connectivity index is 1.53. The van der Waals surface area contributed by atoms with E-state index in [1.807, 2.05) is 60.2 Å². The van der Waals surface area contributed by atoms with Gasteiger partial charge in [0.25, 0.3) is 5.56 Å². The van der Waals surface area contributed by atoms with E-state index in [4.69, 9.17) is 4.98 Å². The molecule has 3 aromatic heterocycles. The van der Waals surface area contributed by atoms with Crippen molar-refractivity contribution in [3.05, 3.63) is 89.0 Å². The molecular formula is C24H23N7O2. The Morgan fingerprint density at radius 3 is 2.82 bits per heavy atom. The monoisotopic (exact) mass is 441 g/mol. The van der Waals surface area contributed by atoms with Crippen LogP contribution in [0.15, 0.2) is 72.3 Å². The van der Waals surface area contributed by atoms with Crippen molar-refractivity contribution in [2.24, 2.45) is 0 Å². The number of aliphatic hydroxyl groups is 1. The van der Waals surface area contributed by atoms with Crippen LogP contribution >= 0.6 is 0 Å². The van der Waals surface area contributed by atoms with Crippen LogP contribution in [0.3, 0.4) is 0 Å². The van der Waals surface area contributed by atoms with Crippen LogP contribution in [0, 0.1) is 6.92 Å². The van der Waals surface area contributed by atoms with Crippen molar-refractivity contribution in [2.75, 3.05) is 11.9 Å². The molecule has 33 heavy (non-hydrogen) atoms. The van der Waals surface area contributed by atoms with Gasteiger partial charge in [0.05, 0.1) is 36.3 Å². The highest BCUT2D eigenvalue weighted by Crippen LogP contribution is 2.27. The van der Waals surface area contributed by atoms with Crippen molar-refractivity contribution in [1.29, 1.82) is 0 Å². The Hall–Kier alpha value is -4.24. The fourth-order valence-corrected chi connectivity index (χ4v) is 3.93. The maximum Gasteiger partial charge on any atom is 0.263 e. The third-order valence-electron chi connectivity index (χ3n) is 5.54. The van der Waals surface area contributed by atoms with E-state index in [1.54, 1.807) is 12.5 Å². The molecule has 0 aliphatic carbocycles. The number of aromatic amines is 2. The molecule has 1 atom stereocenters. The van der Waals surface area contributed by atoms with Gasteiger partial charge in [-0.15, -0.1) is 0 Å². The van der Waals surface area contributed by atoms with Crippen molar-refractivity contribution < 1.29 is 5.11 Å². The van der Waals surface area contributed by atoms with Gasteiger partial charge < -0.3 is 25.0 Å². The van der Waals surface area contributed by atoms with Crippen LogP contribution in [0.5, 0.6) is 0 Å². The van der Waals surface area contributed by atoms with Crippen molar-refractivity contribution in [3.63, 3.8) is 0 Å². The first-order chi connectivity index (χ1) is 16.1. The Bertz CT molecular complexity index is 1440. The normalized spacial score (nSPS) is 12.2. The highest BCUT2D eigenvalue weighted by atomic mass is 16.3. The second-order valence-electron chi connectivity index (χ2n) is 7.88. The topological polar surface area (TPSA) is 125 Å². The smallest absolute Gasteiger partial charge is 0.263 e. The van der Waals surface area contributed by atoms with Crippen molar-refractivity contribution >= 4 is 16.9 Å². The molecule has 0 fully saturated rings. The zero-order chi connectivity index (χ0) is 22.8. The van der Waals surface area contributed by atoms with Crippen molar-refractivity contribution in [2.45, 2.75) is 19.4 Å². The van der Waals surface area contributed by atoms with Gasteiger partial charge in [-0.05, 0) is 36.6 Å². The Morgan fingerprint density at radius 1 is 1.21 bits per heavy atom. The number of H-pyrrole nitrogens is 2. The minimum Gasteiger partial charge on any atom is -0.394 e. The number of imidazole rings is 2. The fourth-order valence-electron chi connectivity index (χ4n) is 3.93. The minimum atomic E-state index is -0.324. The predicted octanol–water partition coefficient (Wildman–Crippen LogP) is 2.82. The molecule has 5 aromatic rings. The summed E-state index contributed by atoms with van der Waals surface area (Å²) in [5.41, 5.74) is 4.51. The molecule has 1 unspecified atom stereocenters. The summed E-state index contributed by atoms with van der Waals surface area (Å²) in [5.74, 6) is 0.768. The van der Waals surface area contributed by atoms with E-state index < -0.39 is 0 Å². The van der Waals surface area contributed by atoms with Crippen LogP contribution in [0.1, 0.15) is 11.1 Å². The van der Waals surface area contributed by atoms with Crippen molar-refractivity contribution in [1.82, 2.24) is 29.5 Å². The molecule has 166 valence electrons. The molecule has 0 radical (unpaired) electrons. The highest BCUT2D eigenvalue weighted by Gasteiger charge is 2.19. The van der Waals surface area contributed by atoms with Crippen LogP contribution in [-0.4, -0.2) is 47.2 Å². The highest BCUT2D eigenvalue weighted by molar-refractivity contribution is 5.85. The maximum absolute atomic E-state index is 12.8. The molecule has 0 saturated heterocycles. The van der Waals surface area contributed by atoms with E-state index in [0.717, 1.165) is 27.8 Å². The molecule has 9 heteroatoms. The van der Waals surface area contributed by atoms with Crippen LogP contribution < -0.4 is 10.9 Å². The number of hydrogen-bond acceptors (Lipinski definition) is 6. The first-order valence-corrected chi connectivity index (χ1v) is 10.6. The summed E-state index contributed by atoms with van der Waals surface area (Å²) >= 11 is 0. The van der Waals surface area contributed by atoms with Gasteiger partial charge in [-0.1, -0.05) is 30.3 Å². The number of nitrogens with one attached hydrogen (secondary N) is 3. The summed E-state index contributed by atoms with van der Waals surface area (Å²) in [5, 5.41) is 13.2. The Labute approximate surface area is 189 Å². The van der Waals surface area contributed by atoms with E-state index in [-0.39, 0.29) is 18.2 Å². The molecule has 9 nitrogen and oxygen atoms in total. The quantitative estimate of drug-likeness (QED) is 0.308. The first kappa shape index (κ1) is 20.7. The summed E-state index contributed by atoms with van der Waals surface area (Å²) in [6.45, 7) is 1.86. The first-order valence-electron chi connectivity index (χ1n) is 10.6. The lowest BCUT2D eigenvalue weighted by atomic mass is 10.1. The molecule has 0 bridgehead atoms. The zero-order valence-electron chi connectivity index (χ0n) is 18.0. The predicted molar refractivity (Wildman–Crippen MR) is 126 cm³/mol. The number of aromatic nitrogens is 6. The second kappa shape index (κ2) is 8.71. The van der Waals surface area contributed by atoms with Crippen LogP contribution in [0.25, 0.3) is 28.1 Å². The third-order valence-corrected chi connectivity index (χ3v) is 5.54. The largest absolute Gasteiger partial charge is 0.394 e. The Morgan fingerprint density at radius 2 is 2.06 bits per heavy atom.